The molecule has 1 aliphatic carbocycles. The Hall–Kier alpha value is 0. The molecule has 1 rings (SSSR count). The SMILES string of the molecule is C[C@@H]1CC(C(C)(C)C)CC(C)(C)C1. The molecule has 1 aliphatic rings. The summed E-state index contributed by atoms with van der Waals surface area (Å²) < 4.78 is 0. The van der Waals surface area contributed by atoms with Crippen LogP contribution in [0, 0.1) is 22.7 Å². The maximum absolute atomic E-state index is 2.43. The second kappa shape index (κ2) is 3.29. The van der Waals surface area contributed by atoms with E-state index in [1.165, 1.54) is 19.3 Å². The van der Waals surface area contributed by atoms with Gasteiger partial charge in [-0.1, -0.05) is 41.5 Å². The zero-order valence-electron chi connectivity index (χ0n) is 10.3. The molecule has 13 heavy (non-hydrogen) atoms. The second-order valence-electron chi connectivity index (χ2n) is 6.98. The van der Waals surface area contributed by atoms with Gasteiger partial charge in [0.1, 0.15) is 0 Å². The van der Waals surface area contributed by atoms with Crippen molar-refractivity contribution < 1.29 is 0 Å². The maximum atomic E-state index is 2.43. The quantitative estimate of drug-likeness (QED) is 0.517. The van der Waals surface area contributed by atoms with Crippen LogP contribution < -0.4 is 0 Å². The third-order valence-corrected chi connectivity index (χ3v) is 3.61. The highest BCUT2D eigenvalue weighted by Crippen LogP contribution is 2.47. The highest BCUT2D eigenvalue weighted by molar-refractivity contribution is 4.87. The molecule has 78 valence electrons. The minimum atomic E-state index is 0.506. The molecular formula is C13H26. The Morgan fingerprint density at radius 1 is 1.08 bits per heavy atom. The van der Waals surface area contributed by atoms with Gasteiger partial charge in [-0.05, 0) is 41.9 Å². The lowest BCUT2D eigenvalue weighted by Crippen LogP contribution is -2.34. The lowest BCUT2D eigenvalue weighted by Gasteiger charge is -2.44. The van der Waals surface area contributed by atoms with Gasteiger partial charge < -0.3 is 0 Å². The molecule has 1 unspecified atom stereocenters. The Kier molecular flexibility index (Phi) is 2.81. The van der Waals surface area contributed by atoms with Crippen molar-refractivity contribution in [2.75, 3.05) is 0 Å². The van der Waals surface area contributed by atoms with E-state index in [2.05, 4.69) is 41.5 Å². The molecule has 0 heteroatoms. The van der Waals surface area contributed by atoms with Crippen molar-refractivity contribution in [1.82, 2.24) is 0 Å². The average Bonchev–Trinajstić information content (AvgIpc) is 1.79. The van der Waals surface area contributed by atoms with E-state index >= 15 is 0 Å². The van der Waals surface area contributed by atoms with Gasteiger partial charge >= 0.3 is 0 Å². The molecule has 0 aromatic heterocycles. The zero-order chi connectivity index (χ0) is 10.3. The predicted molar refractivity (Wildman–Crippen MR) is 59.7 cm³/mol. The van der Waals surface area contributed by atoms with E-state index in [0.717, 1.165) is 11.8 Å². The molecule has 0 aromatic carbocycles. The number of hydrogen-bond donors (Lipinski definition) is 0. The molecule has 0 heterocycles. The molecule has 0 aromatic rings. The van der Waals surface area contributed by atoms with Crippen LogP contribution in [0.5, 0.6) is 0 Å². The van der Waals surface area contributed by atoms with E-state index in [4.69, 9.17) is 0 Å². The van der Waals surface area contributed by atoms with Gasteiger partial charge in [-0.15, -0.1) is 0 Å². The molecule has 0 nitrogen and oxygen atoms in total. The fourth-order valence-corrected chi connectivity index (χ4v) is 3.01. The van der Waals surface area contributed by atoms with Gasteiger partial charge in [0.15, 0.2) is 0 Å². The Bertz CT molecular complexity index is 171. The van der Waals surface area contributed by atoms with Crippen LogP contribution in [-0.2, 0) is 0 Å². The summed E-state index contributed by atoms with van der Waals surface area (Å²) in [7, 11) is 0. The van der Waals surface area contributed by atoms with Crippen molar-refractivity contribution in [3.05, 3.63) is 0 Å². The second-order valence-corrected chi connectivity index (χ2v) is 6.98. The van der Waals surface area contributed by atoms with Gasteiger partial charge in [-0.25, -0.2) is 0 Å². The standard InChI is InChI=1S/C13H26/c1-10-7-11(12(2,3)4)9-13(5,6)8-10/h10-11H,7-9H2,1-6H3/t10-,11?/m1/s1. The molecule has 0 amide bonds. The van der Waals surface area contributed by atoms with E-state index < -0.39 is 0 Å². The topological polar surface area (TPSA) is 0 Å². The van der Waals surface area contributed by atoms with Gasteiger partial charge in [0, 0.05) is 0 Å². The summed E-state index contributed by atoms with van der Waals surface area (Å²) >= 11 is 0. The van der Waals surface area contributed by atoms with Gasteiger partial charge in [0.05, 0.1) is 0 Å². The summed E-state index contributed by atoms with van der Waals surface area (Å²) in [6.45, 7) is 14.5. The van der Waals surface area contributed by atoms with Crippen LogP contribution in [0.1, 0.15) is 60.8 Å². The van der Waals surface area contributed by atoms with E-state index in [-0.39, 0.29) is 0 Å². The summed E-state index contributed by atoms with van der Waals surface area (Å²) in [6, 6.07) is 0. The fourth-order valence-electron chi connectivity index (χ4n) is 3.01. The predicted octanol–water partition coefficient (Wildman–Crippen LogP) is 4.49. The van der Waals surface area contributed by atoms with Crippen molar-refractivity contribution >= 4 is 0 Å². The first-order valence-electron chi connectivity index (χ1n) is 5.71. The average molecular weight is 182 g/mol. The Balaban J connectivity index is 2.69. The van der Waals surface area contributed by atoms with Crippen molar-refractivity contribution in [2.24, 2.45) is 22.7 Å². The molecule has 0 saturated heterocycles. The molecule has 0 bridgehead atoms. The van der Waals surface area contributed by atoms with Gasteiger partial charge in [-0.2, -0.15) is 0 Å². The van der Waals surface area contributed by atoms with Crippen molar-refractivity contribution in [2.45, 2.75) is 60.8 Å². The van der Waals surface area contributed by atoms with Crippen molar-refractivity contribution in [3.8, 4) is 0 Å². The Morgan fingerprint density at radius 2 is 1.62 bits per heavy atom. The largest absolute Gasteiger partial charge is 0.0625 e. The molecule has 1 fully saturated rings. The zero-order valence-corrected chi connectivity index (χ0v) is 10.3. The highest BCUT2D eigenvalue weighted by atomic mass is 14.4. The minimum Gasteiger partial charge on any atom is -0.0625 e. The highest BCUT2D eigenvalue weighted by Gasteiger charge is 2.37. The molecule has 0 N–H and O–H groups in total. The molecule has 1 saturated carbocycles. The molecule has 0 radical (unpaired) electrons. The molecule has 0 aliphatic heterocycles. The monoisotopic (exact) mass is 182 g/mol. The van der Waals surface area contributed by atoms with Crippen LogP contribution in [0.3, 0.4) is 0 Å². The van der Waals surface area contributed by atoms with Gasteiger partial charge in [0.2, 0.25) is 0 Å². The third-order valence-electron chi connectivity index (χ3n) is 3.61. The van der Waals surface area contributed by atoms with Crippen molar-refractivity contribution in [3.63, 3.8) is 0 Å². The van der Waals surface area contributed by atoms with Crippen LogP contribution in [-0.4, -0.2) is 0 Å². The first-order valence-corrected chi connectivity index (χ1v) is 5.71. The van der Waals surface area contributed by atoms with Gasteiger partial charge in [0.25, 0.3) is 0 Å². The Labute approximate surface area is 84.1 Å². The number of rotatable bonds is 0. The maximum Gasteiger partial charge on any atom is -0.0349 e. The normalized spacial score (nSPS) is 34.6. The third kappa shape index (κ3) is 3.00. The lowest BCUT2D eigenvalue weighted by molar-refractivity contribution is 0.0634. The summed E-state index contributed by atoms with van der Waals surface area (Å²) in [6.07, 6.45) is 4.27. The Morgan fingerprint density at radius 3 is 2.00 bits per heavy atom. The van der Waals surface area contributed by atoms with Crippen LogP contribution in [0.2, 0.25) is 0 Å². The van der Waals surface area contributed by atoms with Gasteiger partial charge in [-0.3, -0.25) is 0 Å². The van der Waals surface area contributed by atoms with E-state index in [0.29, 0.717) is 10.8 Å². The first kappa shape index (κ1) is 11.1. The van der Waals surface area contributed by atoms with E-state index in [9.17, 15) is 0 Å². The lowest BCUT2D eigenvalue weighted by atomic mass is 9.61. The van der Waals surface area contributed by atoms with Crippen LogP contribution in [0.4, 0.5) is 0 Å². The smallest absolute Gasteiger partial charge is 0.0349 e. The first-order chi connectivity index (χ1) is 5.71. The minimum absolute atomic E-state index is 0.506. The molecular weight excluding hydrogens is 156 g/mol. The van der Waals surface area contributed by atoms with E-state index in [1.54, 1.807) is 0 Å². The summed E-state index contributed by atoms with van der Waals surface area (Å²) in [5, 5.41) is 0. The molecule has 2 atom stereocenters. The van der Waals surface area contributed by atoms with Crippen LogP contribution in [0.15, 0.2) is 0 Å². The summed E-state index contributed by atoms with van der Waals surface area (Å²) in [5.41, 5.74) is 1.08. The number of hydrogen-bond acceptors (Lipinski definition) is 0. The molecule has 0 spiro atoms. The summed E-state index contributed by atoms with van der Waals surface area (Å²) in [4.78, 5) is 0. The fraction of sp³-hybridized carbons (Fsp3) is 1.00. The van der Waals surface area contributed by atoms with Crippen LogP contribution in [0.25, 0.3) is 0 Å². The van der Waals surface area contributed by atoms with E-state index in [1.807, 2.05) is 0 Å². The van der Waals surface area contributed by atoms with Crippen molar-refractivity contribution in [1.29, 1.82) is 0 Å². The van der Waals surface area contributed by atoms with Crippen LogP contribution >= 0.6 is 0 Å². The summed E-state index contributed by atoms with van der Waals surface area (Å²) in [5.74, 6) is 1.85.